The third kappa shape index (κ3) is 4.29. The van der Waals surface area contributed by atoms with Crippen molar-refractivity contribution in [3.8, 4) is 11.5 Å². The summed E-state index contributed by atoms with van der Waals surface area (Å²) < 4.78 is 22.4. The molecule has 1 aliphatic heterocycles. The molecular weight excluding hydrogens is 324 g/mol. The predicted octanol–water partition coefficient (Wildman–Crippen LogP) is 1.61. The van der Waals surface area contributed by atoms with Gasteiger partial charge < -0.3 is 29.2 Å². The van der Waals surface area contributed by atoms with E-state index in [4.69, 9.17) is 18.9 Å². The predicted molar refractivity (Wildman–Crippen MR) is 90.5 cm³/mol. The largest absolute Gasteiger partial charge is 0.491 e. The van der Waals surface area contributed by atoms with Crippen LogP contribution < -0.4 is 9.47 Å². The number of hydrogen-bond acceptors (Lipinski definition) is 6. The number of hydrogen-bond donors (Lipinski definition) is 2. The maximum atomic E-state index is 10.5. The molecule has 0 aromatic heterocycles. The van der Waals surface area contributed by atoms with E-state index in [-0.39, 0.29) is 6.61 Å². The van der Waals surface area contributed by atoms with Gasteiger partial charge in [-0.3, -0.25) is 0 Å². The van der Waals surface area contributed by atoms with Gasteiger partial charge in [-0.1, -0.05) is 36.4 Å². The summed E-state index contributed by atoms with van der Waals surface area (Å²) in [6.45, 7) is 0.0835. The second-order valence-electron chi connectivity index (χ2n) is 5.78. The molecule has 25 heavy (non-hydrogen) atoms. The van der Waals surface area contributed by atoms with Crippen molar-refractivity contribution >= 4 is 0 Å². The summed E-state index contributed by atoms with van der Waals surface area (Å²) in [6, 6.07) is 18.2. The molecule has 3 rings (SSSR count). The van der Waals surface area contributed by atoms with Crippen LogP contribution in [0.1, 0.15) is 0 Å². The van der Waals surface area contributed by atoms with E-state index < -0.39 is 30.7 Å². The molecule has 0 radical (unpaired) electrons. The van der Waals surface area contributed by atoms with E-state index >= 15 is 0 Å². The molecule has 2 aromatic carbocycles. The molecule has 0 saturated carbocycles. The Hall–Kier alpha value is -2.12. The monoisotopic (exact) mass is 346 g/mol. The topological polar surface area (TPSA) is 77.4 Å². The van der Waals surface area contributed by atoms with Crippen molar-refractivity contribution in [3.63, 3.8) is 0 Å². The Balaban J connectivity index is 1.65. The summed E-state index contributed by atoms with van der Waals surface area (Å²) in [5.74, 6) is 1.22. The molecule has 6 nitrogen and oxygen atoms in total. The van der Waals surface area contributed by atoms with Crippen LogP contribution in [0, 0.1) is 0 Å². The lowest BCUT2D eigenvalue weighted by atomic mass is 9.99. The molecule has 0 amide bonds. The van der Waals surface area contributed by atoms with Gasteiger partial charge in [0.15, 0.2) is 12.4 Å². The minimum Gasteiger partial charge on any atom is -0.491 e. The Labute approximate surface area is 146 Å². The number of methoxy groups -OCH3 is 1. The number of benzene rings is 2. The lowest BCUT2D eigenvalue weighted by Crippen LogP contribution is -2.61. The molecule has 0 bridgehead atoms. The zero-order valence-electron chi connectivity index (χ0n) is 13.9. The van der Waals surface area contributed by atoms with E-state index in [1.54, 1.807) is 24.3 Å². The molecule has 1 fully saturated rings. The van der Waals surface area contributed by atoms with Crippen molar-refractivity contribution < 1.29 is 29.2 Å². The lowest BCUT2D eigenvalue weighted by Gasteiger charge is -2.41. The Morgan fingerprint density at radius 1 is 0.880 bits per heavy atom. The molecule has 0 aliphatic carbocycles. The van der Waals surface area contributed by atoms with Crippen molar-refractivity contribution in [2.45, 2.75) is 30.7 Å². The van der Waals surface area contributed by atoms with Crippen LogP contribution in [0.2, 0.25) is 0 Å². The van der Waals surface area contributed by atoms with Crippen molar-refractivity contribution in [1.82, 2.24) is 0 Å². The maximum absolute atomic E-state index is 10.5. The van der Waals surface area contributed by atoms with Gasteiger partial charge in [0.2, 0.25) is 0 Å². The Morgan fingerprint density at radius 2 is 1.48 bits per heavy atom. The minimum absolute atomic E-state index is 0.0835. The lowest BCUT2D eigenvalue weighted by molar-refractivity contribution is -0.287. The van der Waals surface area contributed by atoms with Crippen molar-refractivity contribution in [1.29, 1.82) is 0 Å². The first-order valence-electron chi connectivity index (χ1n) is 8.13. The van der Waals surface area contributed by atoms with Gasteiger partial charge in [0.1, 0.15) is 36.4 Å². The van der Waals surface area contributed by atoms with Crippen LogP contribution in [0.15, 0.2) is 60.7 Å². The molecule has 6 heteroatoms. The highest BCUT2D eigenvalue weighted by Crippen LogP contribution is 2.26. The molecular formula is C19H22O6. The Bertz CT molecular complexity index is 631. The highest BCUT2D eigenvalue weighted by Gasteiger charge is 2.46. The molecule has 1 aliphatic rings. The summed E-state index contributed by atoms with van der Waals surface area (Å²) in [5.41, 5.74) is 0. The average Bonchev–Trinajstić information content (AvgIpc) is 2.66. The van der Waals surface area contributed by atoms with Gasteiger partial charge in [-0.25, -0.2) is 0 Å². The van der Waals surface area contributed by atoms with Gasteiger partial charge in [-0.2, -0.15) is 0 Å². The summed E-state index contributed by atoms with van der Waals surface area (Å²) in [6.07, 6.45) is -4.76. The van der Waals surface area contributed by atoms with E-state index in [1.165, 1.54) is 7.11 Å². The van der Waals surface area contributed by atoms with E-state index in [1.807, 2.05) is 36.4 Å². The number of aliphatic hydroxyl groups is 2. The molecule has 134 valence electrons. The first kappa shape index (κ1) is 17.7. The molecule has 1 saturated heterocycles. The first-order valence-corrected chi connectivity index (χ1v) is 8.13. The zero-order chi connectivity index (χ0) is 17.6. The second kappa shape index (κ2) is 8.31. The fraction of sp³-hybridized carbons (Fsp3) is 0.368. The highest BCUT2D eigenvalue weighted by molar-refractivity contribution is 5.22. The van der Waals surface area contributed by atoms with E-state index in [0.29, 0.717) is 11.5 Å². The fourth-order valence-electron chi connectivity index (χ4n) is 2.71. The zero-order valence-corrected chi connectivity index (χ0v) is 13.9. The summed E-state index contributed by atoms with van der Waals surface area (Å²) in [4.78, 5) is 0. The molecule has 5 atom stereocenters. The normalized spacial score (nSPS) is 29.2. The summed E-state index contributed by atoms with van der Waals surface area (Å²) in [7, 11) is 1.46. The van der Waals surface area contributed by atoms with E-state index in [9.17, 15) is 10.2 Å². The van der Waals surface area contributed by atoms with Gasteiger partial charge in [-0.05, 0) is 24.3 Å². The average molecular weight is 346 g/mol. The number of para-hydroxylation sites is 2. The summed E-state index contributed by atoms with van der Waals surface area (Å²) >= 11 is 0. The standard InChI is InChI=1S/C19H22O6/c1-22-19-18(24-14-10-6-3-7-11-14)17(21)16(20)15(25-19)12-23-13-8-4-2-5-9-13/h2-11,15-21H,12H2,1H3/t15-,16-,17+,18+,19+/m1/s1. The van der Waals surface area contributed by atoms with Crippen LogP contribution in [-0.2, 0) is 9.47 Å². The van der Waals surface area contributed by atoms with Gasteiger partial charge in [0.05, 0.1) is 0 Å². The quantitative estimate of drug-likeness (QED) is 0.827. The van der Waals surface area contributed by atoms with Gasteiger partial charge in [0.25, 0.3) is 0 Å². The third-order valence-corrected chi connectivity index (χ3v) is 4.05. The van der Waals surface area contributed by atoms with Gasteiger partial charge in [-0.15, -0.1) is 0 Å². The fourth-order valence-corrected chi connectivity index (χ4v) is 2.71. The number of rotatable bonds is 6. The van der Waals surface area contributed by atoms with Crippen molar-refractivity contribution in [2.75, 3.05) is 13.7 Å². The molecule has 0 spiro atoms. The smallest absolute Gasteiger partial charge is 0.197 e. The second-order valence-corrected chi connectivity index (χ2v) is 5.78. The van der Waals surface area contributed by atoms with Crippen LogP contribution in [0.25, 0.3) is 0 Å². The van der Waals surface area contributed by atoms with E-state index in [0.717, 1.165) is 0 Å². The van der Waals surface area contributed by atoms with Gasteiger partial charge in [0, 0.05) is 7.11 Å². The van der Waals surface area contributed by atoms with Gasteiger partial charge >= 0.3 is 0 Å². The van der Waals surface area contributed by atoms with Crippen LogP contribution in [0.4, 0.5) is 0 Å². The Morgan fingerprint density at radius 3 is 2.08 bits per heavy atom. The minimum atomic E-state index is -1.18. The molecule has 2 aromatic rings. The van der Waals surface area contributed by atoms with Crippen LogP contribution >= 0.6 is 0 Å². The maximum Gasteiger partial charge on any atom is 0.197 e. The van der Waals surface area contributed by atoms with Crippen molar-refractivity contribution in [2.24, 2.45) is 0 Å². The van der Waals surface area contributed by atoms with Crippen LogP contribution in [0.3, 0.4) is 0 Å². The van der Waals surface area contributed by atoms with Crippen LogP contribution in [-0.4, -0.2) is 54.6 Å². The molecule has 2 N–H and O–H groups in total. The highest BCUT2D eigenvalue weighted by atomic mass is 16.7. The van der Waals surface area contributed by atoms with Crippen LogP contribution in [0.5, 0.6) is 11.5 Å². The van der Waals surface area contributed by atoms with Crippen molar-refractivity contribution in [3.05, 3.63) is 60.7 Å². The molecule has 1 heterocycles. The number of ether oxygens (including phenoxy) is 4. The third-order valence-electron chi connectivity index (χ3n) is 4.05. The Kier molecular flexibility index (Phi) is 5.88. The summed E-state index contributed by atoms with van der Waals surface area (Å²) in [5, 5.41) is 20.9. The van der Waals surface area contributed by atoms with E-state index in [2.05, 4.69) is 0 Å². The molecule has 0 unspecified atom stereocenters. The first-order chi connectivity index (χ1) is 12.2. The number of aliphatic hydroxyl groups excluding tert-OH is 2. The SMILES string of the molecule is CO[C@H]1O[C@H](COc2ccccc2)[C@@H](O)[C@H](O)[C@@H]1Oc1ccccc1.